The smallest absolute Gasteiger partial charge is 0.236 e. The molecule has 3 aliphatic heterocycles. The number of carbonyl (C=O) groups is 4. The van der Waals surface area contributed by atoms with Crippen LogP contribution in [0.25, 0.3) is 0 Å². The number of hydrogen-bond donors (Lipinski definition) is 0. The molecule has 0 aromatic heterocycles. The monoisotopic (exact) mass is 472 g/mol. The zero-order valence-electron chi connectivity index (χ0n) is 21.6. The average molecular weight is 473 g/mol. The molecule has 4 amide bonds. The highest BCUT2D eigenvalue weighted by Gasteiger charge is 2.65. The molecule has 5 rings (SSSR count). The molecule has 0 radical (unpaired) electrons. The van der Waals surface area contributed by atoms with E-state index in [4.69, 9.17) is 0 Å². The fraction of sp³-hybridized carbons (Fsp3) is 0.846. The van der Waals surface area contributed by atoms with Crippen LogP contribution < -0.4 is 0 Å². The molecule has 8 heteroatoms. The van der Waals surface area contributed by atoms with E-state index in [1.54, 1.807) is 0 Å². The minimum atomic E-state index is -0.481. The zero-order valence-corrected chi connectivity index (χ0v) is 21.6. The van der Waals surface area contributed by atoms with Gasteiger partial charge >= 0.3 is 0 Å². The molecule has 0 aromatic carbocycles. The Balaban J connectivity index is 1.20. The van der Waals surface area contributed by atoms with Gasteiger partial charge in [0.25, 0.3) is 0 Å². The van der Waals surface area contributed by atoms with Crippen molar-refractivity contribution in [3.05, 3.63) is 0 Å². The Hall–Kier alpha value is -1.80. The lowest BCUT2D eigenvalue weighted by Crippen LogP contribution is -2.63. The molecule has 5 aliphatic rings. The van der Waals surface area contributed by atoms with E-state index in [2.05, 4.69) is 37.5 Å². The highest BCUT2D eigenvalue weighted by molar-refractivity contribution is 6.04. The molecule has 3 saturated heterocycles. The molecule has 5 fully saturated rings. The van der Waals surface area contributed by atoms with E-state index in [-0.39, 0.29) is 46.3 Å². The third kappa shape index (κ3) is 2.90. The maximum atomic E-state index is 13.3. The summed E-state index contributed by atoms with van der Waals surface area (Å²) in [7, 11) is 0. The maximum Gasteiger partial charge on any atom is 0.236 e. The summed E-state index contributed by atoms with van der Waals surface area (Å²) in [6.07, 6.45) is 3.11. The Morgan fingerprint density at radius 2 is 0.941 bits per heavy atom. The number of nitrogens with zero attached hydrogens (tertiary/aromatic N) is 4. The van der Waals surface area contributed by atoms with Gasteiger partial charge in [0, 0.05) is 38.0 Å². The van der Waals surface area contributed by atoms with Gasteiger partial charge in [-0.1, -0.05) is 41.5 Å². The van der Waals surface area contributed by atoms with E-state index in [1.165, 1.54) is 9.80 Å². The predicted octanol–water partition coefficient (Wildman–Crippen LogP) is 2.14. The molecule has 188 valence electrons. The molecule has 4 atom stereocenters. The van der Waals surface area contributed by atoms with Gasteiger partial charge in [-0.05, 0) is 36.5 Å². The summed E-state index contributed by atoms with van der Waals surface area (Å²) >= 11 is 0. The van der Waals surface area contributed by atoms with Crippen molar-refractivity contribution >= 4 is 23.6 Å². The van der Waals surface area contributed by atoms with Crippen LogP contribution in [0.5, 0.6) is 0 Å². The summed E-state index contributed by atoms with van der Waals surface area (Å²) in [6, 6.07) is 0. The topological polar surface area (TPSA) is 81.2 Å². The van der Waals surface area contributed by atoms with Crippen LogP contribution in [0.15, 0.2) is 0 Å². The number of rotatable bonds is 4. The second-order valence-corrected chi connectivity index (χ2v) is 13.0. The normalized spacial score (nSPS) is 39.9. The fourth-order valence-corrected chi connectivity index (χ4v) is 7.54. The molecule has 0 spiro atoms. The van der Waals surface area contributed by atoms with Gasteiger partial charge in [0.05, 0.1) is 24.2 Å². The molecule has 0 aromatic rings. The predicted molar refractivity (Wildman–Crippen MR) is 126 cm³/mol. The van der Waals surface area contributed by atoms with Gasteiger partial charge < -0.3 is 0 Å². The molecule has 3 heterocycles. The van der Waals surface area contributed by atoms with E-state index in [9.17, 15) is 19.2 Å². The molecule has 2 saturated carbocycles. The van der Waals surface area contributed by atoms with Crippen molar-refractivity contribution in [2.24, 2.45) is 33.5 Å². The Bertz CT molecular complexity index is 876. The highest BCUT2D eigenvalue weighted by Crippen LogP contribution is 2.61. The summed E-state index contributed by atoms with van der Waals surface area (Å²) in [5.41, 5.74) is -1.56. The SMILES string of the molecule is CC12CCC(C(=O)N(CN3CCN(CN4C(=O)C5CCC(C)(C4=O)C5(C)C)CC3)C1=O)C2(C)C. The third-order valence-electron chi connectivity index (χ3n) is 11.2. The van der Waals surface area contributed by atoms with E-state index >= 15 is 0 Å². The summed E-state index contributed by atoms with van der Waals surface area (Å²) in [5.74, 6) is -0.294. The molecule has 0 N–H and O–H groups in total. The molecule has 4 bridgehead atoms. The maximum absolute atomic E-state index is 13.3. The van der Waals surface area contributed by atoms with Crippen molar-refractivity contribution < 1.29 is 19.2 Å². The second kappa shape index (κ2) is 7.36. The van der Waals surface area contributed by atoms with Gasteiger partial charge in [-0.15, -0.1) is 0 Å². The first-order valence-electron chi connectivity index (χ1n) is 12.9. The van der Waals surface area contributed by atoms with E-state index in [1.807, 2.05) is 13.8 Å². The van der Waals surface area contributed by atoms with Crippen LogP contribution >= 0.6 is 0 Å². The first kappa shape index (κ1) is 23.9. The number of carbonyl (C=O) groups excluding carboxylic acids is 4. The third-order valence-corrected chi connectivity index (χ3v) is 11.2. The number of imide groups is 2. The molecule has 4 unspecified atom stereocenters. The van der Waals surface area contributed by atoms with Gasteiger partial charge in [-0.2, -0.15) is 0 Å². The first-order valence-corrected chi connectivity index (χ1v) is 12.9. The lowest BCUT2D eigenvalue weighted by molar-refractivity contribution is -0.174. The van der Waals surface area contributed by atoms with Crippen LogP contribution in [0.1, 0.15) is 67.2 Å². The van der Waals surface area contributed by atoms with Crippen molar-refractivity contribution in [1.29, 1.82) is 0 Å². The number of piperidine rings is 2. The van der Waals surface area contributed by atoms with Crippen molar-refractivity contribution in [1.82, 2.24) is 19.6 Å². The summed E-state index contributed by atoms with van der Waals surface area (Å²) in [6.45, 7) is 15.8. The Morgan fingerprint density at radius 3 is 1.26 bits per heavy atom. The quantitative estimate of drug-likeness (QED) is 0.583. The second-order valence-electron chi connectivity index (χ2n) is 13.0. The zero-order chi connectivity index (χ0) is 24.8. The standard InChI is InChI=1S/C26H40N4O4/c1-23(2)17-7-9-25(23,5)21(33)29(19(17)31)15-27-11-13-28(14-12-27)16-30-20(32)18-8-10-26(6,22(30)34)24(18,3)4/h17-18H,7-16H2,1-6H3. The van der Waals surface area contributed by atoms with E-state index in [0.29, 0.717) is 39.5 Å². The van der Waals surface area contributed by atoms with Crippen molar-refractivity contribution in [2.75, 3.05) is 39.5 Å². The van der Waals surface area contributed by atoms with Crippen LogP contribution in [0.3, 0.4) is 0 Å². The van der Waals surface area contributed by atoms with Crippen LogP contribution in [-0.4, -0.2) is 82.7 Å². The van der Waals surface area contributed by atoms with Crippen LogP contribution in [0.2, 0.25) is 0 Å². The minimum absolute atomic E-state index is 0.0248. The number of amides is 4. The summed E-state index contributed by atoms with van der Waals surface area (Å²) < 4.78 is 0. The van der Waals surface area contributed by atoms with E-state index < -0.39 is 10.8 Å². The molecule has 34 heavy (non-hydrogen) atoms. The van der Waals surface area contributed by atoms with Gasteiger partial charge in [0.15, 0.2) is 0 Å². The van der Waals surface area contributed by atoms with Crippen molar-refractivity contribution in [3.63, 3.8) is 0 Å². The highest BCUT2D eigenvalue weighted by atomic mass is 16.2. The molecule has 8 nitrogen and oxygen atoms in total. The van der Waals surface area contributed by atoms with Gasteiger partial charge in [-0.3, -0.25) is 38.8 Å². The first-order chi connectivity index (χ1) is 15.8. The average Bonchev–Trinajstić information content (AvgIpc) is 3.09. The lowest BCUT2D eigenvalue weighted by atomic mass is 9.62. The van der Waals surface area contributed by atoms with Gasteiger partial charge in [0.2, 0.25) is 23.6 Å². The van der Waals surface area contributed by atoms with Crippen LogP contribution in [0, 0.1) is 33.5 Å². The van der Waals surface area contributed by atoms with Gasteiger partial charge in [0.1, 0.15) is 0 Å². The number of hydrogen-bond acceptors (Lipinski definition) is 6. The number of likely N-dealkylation sites (tertiary alicyclic amines) is 2. The minimum Gasteiger partial charge on any atom is -0.283 e. The number of piperazine rings is 1. The fourth-order valence-electron chi connectivity index (χ4n) is 7.54. The summed E-state index contributed by atoms with van der Waals surface area (Å²) in [5, 5.41) is 0. The Kier molecular flexibility index (Phi) is 5.17. The van der Waals surface area contributed by atoms with Crippen molar-refractivity contribution in [3.8, 4) is 0 Å². The van der Waals surface area contributed by atoms with Gasteiger partial charge in [-0.25, -0.2) is 0 Å². The molecule has 2 aliphatic carbocycles. The lowest BCUT2D eigenvalue weighted by Gasteiger charge is -2.50. The Morgan fingerprint density at radius 1 is 0.618 bits per heavy atom. The largest absolute Gasteiger partial charge is 0.283 e. The summed E-state index contributed by atoms with van der Waals surface area (Å²) in [4.78, 5) is 60.3. The van der Waals surface area contributed by atoms with E-state index in [0.717, 1.165) is 25.7 Å². The Labute approximate surface area is 203 Å². The number of fused-ring (bicyclic) bond motifs is 4. The van der Waals surface area contributed by atoms with Crippen LogP contribution in [-0.2, 0) is 19.2 Å². The van der Waals surface area contributed by atoms with Crippen LogP contribution in [0.4, 0.5) is 0 Å². The molecular weight excluding hydrogens is 432 g/mol. The van der Waals surface area contributed by atoms with Crippen molar-refractivity contribution in [2.45, 2.75) is 67.2 Å². The molecular formula is C26H40N4O4.